The molecular formula is C9H12N2S. The molecule has 1 rings (SSSR count). The van der Waals surface area contributed by atoms with E-state index in [0.717, 1.165) is 5.56 Å². The third kappa shape index (κ3) is 1.95. The molecule has 0 spiro atoms. The summed E-state index contributed by atoms with van der Waals surface area (Å²) in [6.07, 6.45) is 3.45. The van der Waals surface area contributed by atoms with Crippen LogP contribution in [0.2, 0.25) is 0 Å². The first-order chi connectivity index (χ1) is 5.77. The fourth-order valence-corrected chi connectivity index (χ4v) is 1.29. The summed E-state index contributed by atoms with van der Waals surface area (Å²) < 4.78 is 0. The van der Waals surface area contributed by atoms with Crippen LogP contribution in [0, 0.1) is 0 Å². The van der Waals surface area contributed by atoms with Crippen molar-refractivity contribution in [1.82, 2.24) is 0 Å². The number of rotatable bonds is 2. The Morgan fingerprint density at radius 3 is 2.33 bits per heavy atom. The van der Waals surface area contributed by atoms with Crippen LogP contribution in [-0.4, -0.2) is 6.26 Å². The van der Waals surface area contributed by atoms with Gasteiger partial charge in [0.25, 0.3) is 0 Å². The molecule has 2 nitrogen and oxygen atoms in total. The van der Waals surface area contributed by atoms with E-state index in [1.807, 2.05) is 30.5 Å². The lowest BCUT2D eigenvalue weighted by molar-refractivity contribution is 1.40. The minimum Gasteiger partial charge on any atom is -0.403 e. The molecule has 64 valence electrons. The summed E-state index contributed by atoms with van der Waals surface area (Å²) in [5.41, 5.74) is 12.5. The highest BCUT2D eigenvalue weighted by Crippen LogP contribution is 2.16. The van der Waals surface area contributed by atoms with E-state index >= 15 is 0 Å². The van der Waals surface area contributed by atoms with Crippen molar-refractivity contribution in [2.75, 3.05) is 6.26 Å². The topological polar surface area (TPSA) is 52.0 Å². The summed E-state index contributed by atoms with van der Waals surface area (Å²) in [6.45, 7) is 0. The molecule has 0 aliphatic heterocycles. The number of benzene rings is 1. The second-order valence-electron chi connectivity index (χ2n) is 2.35. The van der Waals surface area contributed by atoms with E-state index in [-0.39, 0.29) is 0 Å². The molecule has 0 fully saturated rings. The highest BCUT2D eigenvalue weighted by Gasteiger charge is 1.94. The van der Waals surface area contributed by atoms with Gasteiger partial charge in [0.2, 0.25) is 0 Å². The van der Waals surface area contributed by atoms with Crippen LogP contribution in [0.25, 0.3) is 5.70 Å². The summed E-state index contributed by atoms with van der Waals surface area (Å²) in [5.74, 6) is 0. The third-order valence-corrected chi connectivity index (χ3v) is 2.35. The minimum absolute atomic E-state index is 0.614. The Hall–Kier alpha value is -1.09. The molecule has 0 aliphatic carbocycles. The molecule has 1 aromatic carbocycles. The molecule has 0 heterocycles. The lowest BCUT2D eigenvalue weighted by Crippen LogP contribution is -1.98. The average molecular weight is 180 g/mol. The molecule has 0 aromatic heterocycles. The van der Waals surface area contributed by atoms with Crippen LogP contribution in [0.5, 0.6) is 0 Å². The molecule has 0 unspecified atom stereocenters. The third-order valence-electron chi connectivity index (χ3n) is 1.60. The Labute approximate surface area is 76.6 Å². The molecule has 0 radical (unpaired) electrons. The SMILES string of the molecule is CSc1ccc(/C(N)=C/N)cc1. The zero-order valence-electron chi connectivity index (χ0n) is 6.95. The zero-order chi connectivity index (χ0) is 8.97. The Morgan fingerprint density at radius 2 is 1.92 bits per heavy atom. The Bertz CT molecular complexity index is 277. The molecule has 0 amide bonds. The van der Waals surface area contributed by atoms with E-state index in [4.69, 9.17) is 11.5 Å². The van der Waals surface area contributed by atoms with Gasteiger partial charge in [-0.1, -0.05) is 12.1 Å². The van der Waals surface area contributed by atoms with Crippen LogP contribution in [0.3, 0.4) is 0 Å². The second-order valence-corrected chi connectivity index (χ2v) is 3.23. The fourth-order valence-electron chi connectivity index (χ4n) is 0.880. The Balaban J connectivity index is 2.92. The van der Waals surface area contributed by atoms with Gasteiger partial charge in [-0.25, -0.2) is 0 Å². The van der Waals surface area contributed by atoms with Gasteiger partial charge in [-0.2, -0.15) is 0 Å². The molecule has 0 saturated heterocycles. The van der Waals surface area contributed by atoms with Gasteiger partial charge in [-0.3, -0.25) is 0 Å². The van der Waals surface area contributed by atoms with Crippen LogP contribution in [-0.2, 0) is 0 Å². The van der Waals surface area contributed by atoms with Crippen molar-refractivity contribution < 1.29 is 0 Å². The van der Waals surface area contributed by atoms with Gasteiger partial charge in [-0.15, -0.1) is 11.8 Å². The number of nitrogens with two attached hydrogens (primary N) is 2. The molecule has 3 heteroatoms. The van der Waals surface area contributed by atoms with Gasteiger partial charge >= 0.3 is 0 Å². The first kappa shape index (κ1) is 9.00. The largest absolute Gasteiger partial charge is 0.403 e. The molecule has 12 heavy (non-hydrogen) atoms. The summed E-state index contributed by atoms with van der Waals surface area (Å²) in [7, 11) is 0. The second kappa shape index (κ2) is 4.07. The number of hydrogen-bond donors (Lipinski definition) is 2. The van der Waals surface area contributed by atoms with Crippen molar-refractivity contribution >= 4 is 17.5 Å². The van der Waals surface area contributed by atoms with Crippen LogP contribution in [0.1, 0.15) is 5.56 Å². The van der Waals surface area contributed by atoms with Crippen molar-refractivity contribution in [2.45, 2.75) is 4.90 Å². The normalized spacial score (nSPS) is 11.6. The summed E-state index contributed by atoms with van der Waals surface area (Å²) in [5, 5.41) is 0. The molecule has 0 atom stereocenters. The average Bonchev–Trinajstić information content (AvgIpc) is 2.17. The van der Waals surface area contributed by atoms with Crippen molar-refractivity contribution in [2.24, 2.45) is 11.5 Å². The minimum atomic E-state index is 0.614. The smallest absolute Gasteiger partial charge is 0.0545 e. The molecule has 0 saturated carbocycles. The molecule has 0 bridgehead atoms. The van der Waals surface area contributed by atoms with E-state index in [1.165, 1.54) is 11.1 Å². The Morgan fingerprint density at radius 1 is 1.33 bits per heavy atom. The molecule has 1 aromatic rings. The van der Waals surface area contributed by atoms with Crippen LogP contribution >= 0.6 is 11.8 Å². The fraction of sp³-hybridized carbons (Fsp3) is 0.111. The Kier molecular flexibility index (Phi) is 3.05. The summed E-state index contributed by atoms with van der Waals surface area (Å²) in [6, 6.07) is 7.97. The van der Waals surface area contributed by atoms with Crippen molar-refractivity contribution in [3.63, 3.8) is 0 Å². The molecule has 4 N–H and O–H groups in total. The molecule has 0 aliphatic rings. The lowest BCUT2D eigenvalue weighted by Gasteiger charge is -2.01. The van der Waals surface area contributed by atoms with E-state index in [1.54, 1.807) is 11.8 Å². The van der Waals surface area contributed by atoms with Gasteiger partial charge in [-0.05, 0) is 24.0 Å². The van der Waals surface area contributed by atoms with Crippen LogP contribution in [0.15, 0.2) is 35.4 Å². The van der Waals surface area contributed by atoms with Crippen molar-refractivity contribution in [3.05, 3.63) is 36.0 Å². The monoisotopic (exact) mass is 180 g/mol. The van der Waals surface area contributed by atoms with Gasteiger partial charge in [0, 0.05) is 11.1 Å². The van der Waals surface area contributed by atoms with Crippen LogP contribution in [0.4, 0.5) is 0 Å². The van der Waals surface area contributed by atoms with Crippen molar-refractivity contribution in [1.29, 1.82) is 0 Å². The lowest BCUT2D eigenvalue weighted by atomic mass is 10.2. The quantitative estimate of drug-likeness (QED) is 0.680. The highest BCUT2D eigenvalue weighted by molar-refractivity contribution is 7.98. The predicted octanol–water partition coefficient (Wildman–Crippen LogP) is 1.62. The summed E-state index contributed by atoms with van der Waals surface area (Å²) in [4.78, 5) is 1.23. The zero-order valence-corrected chi connectivity index (χ0v) is 7.77. The highest BCUT2D eigenvalue weighted by atomic mass is 32.2. The van der Waals surface area contributed by atoms with Crippen molar-refractivity contribution in [3.8, 4) is 0 Å². The predicted molar refractivity (Wildman–Crippen MR) is 54.6 cm³/mol. The first-order valence-corrected chi connectivity index (χ1v) is 4.82. The molecular weight excluding hydrogens is 168 g/mol. The number of thioether (sulfide) groups is 1. The van der Waals surface area contributed by atoms with E-state index < -0.39 is 0 Å². The maximum atomic E-state index is 5.62. The first-order valence-electron chi connectivity index (χ1n) is 3.59. The van der Waals surface area contributed by atoms with Crippen LogP contribution < -0.4 is 11.5 Å². The van der Waals surface area contributed by atoms with Gasteiger partial charge in [0.05, 0.1) is 5.70 Å². The maximum absolute atomic E-state index is 5.62. The van der Waals surface area contributed by atoms with E-state index in [0.29, 0.717) is 5.70 Å². The number of hydrogen-bond acceptors (Lipinski definition) is 3. The van der Waals surface area contributed by atoms with Gasteiger partial charge < -0.3 is 11.5 Å². The maximum Gasteiger partial charge on any atom is 0.0545 e. The van der Waals surface area contributed by atoms with E-state index in [9.17, 15) is 0 Å². The standard InChI is InChI=1S/C9H12N2S/c1-12-8-4-2-7(3-5-8)9(11)6-10/h2-6H,10-11H2,1H3/b9-6-. The van der Waals surface area contributed by atoms with Gasteiger partial charge in [0.1, 0.15) is 0 Å². The summed E-state index contributed by atoms with van der Waals surface area (Å²) >= 11 is 1.71. The van der Waals surface area contributed by atoms with Gasteiger partial charge in [0.15, 0.2) is 0 Å². The van der Waals surface area contributed by atoms with E-state index in [2.05, 4.69) is 0 Å².